The Balaban J connectivity index is 2.68. The molecule has 0 radical (unpaired) electrons. The number of carboxylic acids is 1. The van der Waals surface area contributed by atoms with Crippen LogP contribution in [-0.4, -0.2) is 30.1 Å². The molecule has 0 fully saturated rings. The van der Waals surface area contributed by atoms with Gasteiger partial charge in [0.15, 0.2) is 0 Å². The quantitative estimate of drug-likeness (QED) is 0.745. The van der Waals surface area contributed by atoms with Crippen molar-refractivity contribution in [3.63, 3.8) is 0 Å². The highest BCUT2D eigenvalue weighted by Gasteiger charge is 2.19. The fourth-order valence-electron chi connectivity index (χ4n) is 1.76. The zero-order chi connectivity index (χ0) is 15.0. The average molecular weight is 277 g/mol. The summed E-state index contributed by atoms with van der Waals surface area (Å²) >= 11 is 0. The second-order valence-corrected chi connectivity index (χ2v) is 4.25. The highest BCUT2D eigenvalue weighted by molar-refractivity contribution is 5.85. The van der Waals surface area contributed by atoms with Gasteiger partial charge in [-0.15, -0.1) is 0 Å². The van der Waals surface area contributed by atoms with Crippen LogP contribution in [0.4, 0.5) is 0 Å². The lowest BCUT2D eigenvalue weighted by Gasteiger charge is -2.13. The van der Waals surface area contributed by atoms with Crippen molar-refractivity contribution >= 4 is 11.9 Å². The molecule has 0 heterocycles. The standard InChI is InChI=1S/C15H19NO4/c1-3-4-8-12(15(18)19)16-14(17)10-11-7-5-6-9-13(11)20-2/h3-7,9,12H,8,10H2,1-2H3,(H,16,17)(H,18,19)/b4-3+. The normalized spacial score (nSPS) is 12.1. The summed E-state index contributed by atoms with van der Waals surface area (Å²) in [5.74, 6) is -0.772. The molecule has 1 aromatic carbocycles. The van der Waals surface area contributed by atoms with Crippen molar-refractivity contribution < 1.29 is 19.4 Å². The molecule has 2 N–H and O–H groups in total. The number of allylic oxidation sites excluding steroid dienone is 1. The van der Waals surface area contributed by atoms with Crippen LogP contribution in [0.2, 0.25) is 0 Å². The Bertz CT molecular complexity index is 496. The number of carbonyl (C=O) groups is 2. The van der Waals surface area contributed by atoms with Gasteiger partial charge in [-0.2, -0.15) is 0 Å². The van der Waals surface area contributed by atoms with Gasteiger partial charge in [0.1, 0.15) is 11.8 Å². The summed E-state index contributed by atoms with van der Waals surface area (Å²) in [6.45, 7) is 1.80. The van der Waals surface area contributed by atoms with E-state index >= 15 is 0 Å². The van der Waals surface area contributed by atoms with Crippen LogP contribution in [-0.2, 0) is 16.0 Å². The van der Waals surface area contributed by atoms with E-state index in [2.05, 4.69) is 5.32 Å². The van der Waals surface area contributed by atoms with Crippen molar-refractivity contribution in [1.82, 2.24) is 5.32 Å². The largest absolute Gasteiger partial charge is 0.496 e. The molecule has 0 spiro atoms. The monoisotopic (exact) mass is 277 g/mol. The molecule has 0 aliphatic rings. The van der Waals surface area contributed by atoms with Gasteiger partial charge in [0.2, 0.25) is 5.91 Å². The zero-order valence-electron chi connectivity index (χ0n) is 11.6. The van der Waals surface area contributed by atoms with Gasteiger partial charge >= 0.3 is 5.97 Å². The predicted octanol–water partition coefficient (Wildman–Crippen LogP) is 1.77. The van der Waals surface area contributed by atoms with Gasteiger partial charge in [-0.05, 0) is 19.4 Å². The van der Waals surface area contributed by atoms with Crippen molar-refractivity contribution in [2.75, 3.05) is 7.11 Å². The lowest BCUT2D eigenvalue weighted by molar-refractivity contribution is -0.141. The van der Waals surface area contributed by atoms with E-state index in [-0.39, 0.29) is 18.7 Å². The molecule has 5 nitrogen and oxygen atoms in total. The number of carboxylic acid groups (broad SMARTS) is 1. The molecule has 0 saturated heterocycles. The molecule has 20 heavy (non-hydrogen) atoms. The van der Waals surface area contributed by atoms with Crippen molar-refractivity contribution in [3.8, 4) is 5.75 Å². The minimum Gasteiger partial charge on any atom is -0.496 e. The second-order valence-electron chi connectivity index (χ2n) is 4.25. The number of hydrogen-bond donors (Lipinski definition) is 2. The van der Waals surface area contributed by atoms with Gasteiger partial charge in [0.25, 0.3) is 0 Å². The second kappa shape index (κ2) is 7.99. The van der Waals surface area contributed by atoms with E-state index in [1.54, 1.807) is 37.3 Å². The lowest BCUT2D eigenvalue weighted by atomic mass is 10.1. The highest BCUT2D eigenvalue weighted by atomic mass is 16.5. The molecule has 5 heteroatoms. The van der Waals surface area contributed by atoms with Crippen LogP contribution in [0.3, 0.4) is 0 Å². The topological polar surface area (TPSA) is 75.6 Å². The van der Waals surface area contributed by atoms with E-state index in [0.717, 1.165) is 5.56 Å². The van der Waals surface area contributed by atoms with Crippen molar-refractivity contribution in [1.29, 1.82) is 0 Å². The number of carbonyl (C=O) groups excluding carboxylic acids is 1. The first-order valence-electron chi connectivity index (χ1n) is 6.33. The van der Waals surface area contributed by atoms with Crippen molar-refractivity contribution in [2.24, 2.45) is 0 Å². The van der Waals surface area contributed by atoms with Gasteiger partial charge in [0, 0.05) is 5.56 Å². The molecule has 1 unspecified atom stereocenters. The van der Waals surface area contributed by atoms with Crippen LogP contribution >= 0.6 is 0 Å². The van der Waals surface area contributed by atoms with Crippen LogP contribution in [0.1, 0.15) is 18.9 Å². The van der Waals surface area contributed by atoms with Gasteiger partial charge < -0.3 is 15.2 Å². The van der Waals surface area contributed by atoms with Crippen molar-refractivity contribution in [2.45, 2.75) is 25.8 Å². The highest BCUT2D eigenvalue weighted by Crippen LogP contribution is 2.17. The smallest absolute Gasteiger partial charge is 0.326 e. The predicted molar refractivity (Wildman–Crippen MR) is 75.7 cm³/mol. The van der Waals surface area contributed by atoms with Crippen LogP contribution in [0.5, 0.6) is 5.75 Å². The lowest BCUT2D eigenvalue weighted by Crippen LogP contribution is -2.41. The molecule has 1 aromatic rings. The minimum atomic E-state index is -1.04. The maximum Gasteiger partial charge on any atom is 0.326 e. The Labute approximate surface area is 118 Å². The summed E-state index contributed by atoms with van der Waals surface area (Å²) in [7, 11) is 1.53. The average Bonchev–Trinajstić information content (AvgIpc) is 2.43. The summed E-state index contributed by atoms with van der Waals surface area (Å²) in [4.78, 5) is 22.9. The van der Waals surface area contributed by atoms with Crippen LogP contribution in [0, 0.1) is 0 Å². The van der Waals surface area contributed by atoms with Gasteiger partial charge in [-0.25, -0.2) is 4.79 Å². The third-order valence-electron chi connectivity index (χ3n) is 2.78. The molecule has 0 aliphatic carbocycles. The zero-order valence-corrected chi connectivity index (χ0v) is 11.6. The first kappa shape index (κ1) is 15.8. The maximum atomic E-state index is 11.9. The van der Waals surface area contributed by atoms with Crippen molar-refractivity contribution in [3.05, 3.63) is 42.0 Å². The molecule has 0 aliphatic heterocycles. The fraction of sp³-hybridized carbons (Fsp3) is 0.333. The molecular weight excluding hydrogens is 258 g/mol. The number of rotatable bonds is 7. The molecule has 0 bridgehead atoms. The van der Waals surface area contributed by atoms with E-state index in [0.29, 0.717) is 5.75 Å². The summed E-state index contributed by atoms with van der Waals surface area (Å²) < 4.78 is 5.16. The molecule has 1 amide bonds. The van der Waals surface area contributed by atoms with E-state index < -0.39 is 12.0 Å². The van der Waals surface area contributed by atoms with Gasteiger partial charge in [-0.3, -0.25) is 4.79 Å². The third kappa shape index (κ3) is 4.76. The first-order valence-corrected chi connectivity index (χ1v) is 6.33. The first-order chi connectivity index (χ1) is 9.58. The van der Waals surface area contributed by atoms with E-state index in [1.165, 1.54) is 7.11 Å². The molecule has 0 aromatic heterocycles. The SMILES string of the molecule is C/C=C/CC(NC(=O)Cc1ccccc1OC)C(=O)O. The number of benzene rings is 1. The molecule has 1 rings (SSSR count). The summed E-state index contributed by atoms with van der Waals surface area (Å²) in [5.41, 5.74) is 0.725. The number of ether oxygens (including phenoxy) is 1. The van der Waals surface area contributed by atoms with E-state index in [9.17, 15) is 9.59 Å². The number of methoxy groups -OCH3 is 1. The number of aliphatic carboxylic acids is 1. The molecule has 1 atom stereocenters. The van der Waals surface area contributed by atoms with Gasteiger partial charge in [-0.1, -0.05) is 30.4 Å². The summed E-state index contributed by atoms with van der Waals surface area (Å²) in [5, 5.41) is 11.5. The van der Waals surface area contributed by atoms with E-state index in [1.807, 2.05) is 6.07 Å². The Hall–Kier alpha value is -2.30. The molecule has 0 saturated carbocycles. The number of para-hydroxylation sites is 1. The Morgan fingerprint density at radius 2 is 2.10 bits per heavy atom. The number of amides is 1. The fourth-order valence-corrected chi connectivity index (χ4v) is 1.76. The van der Waals surface area contributed by atoms with Crippen LogP contribution in [0.25, 0.3) is 0 Å². The van der Waals surface area contributed by atoms with Crippen LogP contribution < -0.4 is 10.1 Å². The summed E-state index contributed by atoms with van der Waals surface area (Å²) in [6, 6.07) is 6.25. The molecular formula is C15H19NO4. The summed E-state index contributed by atoms with van der Waals surface area (Å²) in [6.07, 6.45) is 3.82. The maximum absolute atomic E-state index is 11.9. The molecule has 108 valence electrons. The number of hydrogen-bond acceptors (Lipinski definition) is 3. The number of nitrogens with one attached hydrogen (secondary N) is 1. The third-order valence-corrected chi connectivity index (χ3v) is 2.78. The van der Waals surface area contributed by atoms with Crippen LogP contribution in [0.15, 0.2) is 36.4 Å². The Kier molecular flexibility index (Phi) is 6.29. The Morgan fingerprint density at radius 1 is 1.40 bits per heavy atom. The minimum absolute atomic E-state index is 0.0869. The van der Waals surface area contributed by atoms with Gasteiger partial charge in [0.05, 0.1) is 13.5 Å². The van der Waals surface area contributed by atoms with E-state index in [4.69, 9.17) is 9.84 Å². The Morgan fingerprint density at radius 3 is 2.70 bits per heavy atom.